The standard InChI is InChI=1S/C28H32N6O3/c1-16-12-22(31-37-16)27(18-8-10-36-11-9-18)34-23-14-20(28(3,4)35)6-7-21(23)25-24(34)13-19(15-29-25)26-17(2)30-32-33(26)5/h6-7,12-15,18,27,35H,8-11H2,1-5H3/t27-/m0/s1/i2D3. The lowest BCUT2D eigenvalue weighted by Gasteiger charge is -2.31. The average molecular weight is 504 g/mol. The van der Waals surface area contributed by atoms with Crippen molar-refractivity contribution in [2.75, 3.05) is 13.2 Å². The Morgan fingerprint density at radius 3 is 2.68 bits per heavy atom. The van der Waals surface area contributed by atoms with E-state index in [0.717, 1.165) is 46.0 Å². The van der Waals surface area contributed by atoms with Crippen molar-refractivity contribution in [3.63, 3.8) is 0 Å². The Bertz CT molecular complexity index is 1710. The number of hydrogen-bond acceptors (Lipinski definition) is 7. The minimum absolute atomic E-state index is 0.0729. The van der Waals surface area contributed by atoms with Crippen LogP contribution in [0.15, 0.2) is 41.1 Å². The summed E-state index contributed by atoms with van der Waals surface area (Å²) in [4.78, 5) is 4.86. The second-order valence-corrected chi connectivity index (χ2v) is 10.4. The molecule has 0 radical (unpaired) electrons. The number of rotatable bonds is 5. The molecule has 4 aromatic heterocycles. The molecule has 1 aromatic carbocycles. The second-order valence-electron chi connectivity index (χ2n) is 10.4. The average Bonchev–Trinajstić information content (AvgIpc) is 3.59. The number of aliphatic hydroxyl groups is 1. The van der Waals surface area contributed by atoms with Crippen molar-refractivity contribution in [3.05, 3.63) is 59.2 Å². The molecule has 1 atom stereocenters. The van der Waals surface area contributed by atoms with E-state index in [2.05, 4.69) is 20.0 Å². The van der Waals surface area contributed by atoms with Crippen LogP contribution in [-0.4, -0.2) is 48.0 Å². The number of aromatic nitrogens is 6. The van der Waals surface area contributed by atoms with Crippen LogP contribution in [-0.2, 0) is 17.4 Å². The Hall–Kier alpha value is -3.56. The highest BCUT2D eigenvalue weighted by Crippen LogP contribution is 2.42. The number of fused-ring (bicyclic) bond motifs is 3. The lowest BCUT2D eigenvalue weighted by molar-refractivity contribution is 0.0543. The number of benzene rings is 1. The Balaban J connectivity index is 1.69. The van der Waals surface area contributed by atoms with Gasteiger partial charge < -0.3 is 18.9 Å². The fraction of sp³-hybridized carbons (Fsp3) is 0.429. The van der Waals surface area contributed by atoms with Crippen LogP contribution in [0.1, 0.15) is 59.6 Å². The number of hydrogen-bond donors (Lipinski definition) is 1. The Kier molecular flexibility index (Phi) is 4.86. The molecule has 0 bridgehead atoms. The first-order chi connectivity index (χ1) is 18.9. The number of nitrogens with zero attached hydrogens (tertiary/aromatic N) is 6. The van der Waals surface area contributed by atoms with Gasteiger partial charge in [-0.05, 0) is 64.1 Å². The van der Waals surface area contributed by atoms with Gasteiger partial charge in [-0.2, -0.15) is 0 Å². The zero-order chi connectivity index (χ0) is 28.4. The van der Waals surface area contributed by atoms with Crippen molar-refractivity contribution in [2.24, 2.45) is 13.0 Å². The quantitative estimate of drug-likeness (QED) is 0.366. The summed E-state index contributed by atoms with van der Waals surface area (Å²) in [6, 6.07) is 9.63. The predicted octanol–water partition coefficient (Wildman–Crippen LogP) is 4.83. The van der Waals surface area contributed by atoms with E-state index in [1.54, 1.807) is 27.1 Å². The Morgan fingerprint density at radius 1 is 1.16 bits per heavy atom. The molecule has 1 saturated heterocycles. The van der Waals surface area contributed by atoms with Crippen LogP contribution in [0.2, 0.25) is 0 Å². The van der Waals surface area contributed by atoms with E-state index in [1.165, 1.54) is 4.68 Å². The van der Waals surface area contributed by atoms with E-state index in [9.17, 15) is 5.11 Å². The van der Waals surface area contributed by atoms with Gasteiger partial charge in [0.2, 0.25) is 0 Å². The molecule has 0 saturated carbocycles. The first kappa shape index (κ1) is 20.5. The molecule has 0 amide bonds. The zero-order valence-electron chi connectivity index (χ0n) is 24.4. The molecular weight excluding hydrogens is 468 g/mol. The van der Waals surface area contributed by atoms with Crippen molar-refractivity contribution in [3.8, 4) is 11.3 Å². The molecule has 192 valence electrons. The van der Waals surface area contributed by atoms with E-state index < -0.39 is 12.5 Å². The summed E-state index contributed by atoms with van der Waals surface area (Å²) in [5.74, 6) is 0.912. The predicted molar refractivity (Wildman–Crippen MR) is 140 cm³/mol. The molecule has 1 aliphatic rings. The van der Waals surface area contributed by atoms with Gasteiger partial charge in [-0.25, -0.2) is 4.68 Å². The largest absolute Gasteiger partial charge is 0.386 e. The van der Waals surface area contributed by atoms with E-state index in [1.807, 2.05) is 37.3 Å². The van der Waals surface area contributed by atoms with Crippen LogP contribution in [0.5, 0.6) is 0 Å². The molecule has 0 spiro atoms. The maximum atomic E-state index is 10.9. The molecule has 6 rings (SSSR count). The summed E-state index contributed by atoms with van der Waals surface area (Å²) in [7, 11) is 1.68. The van der Waals surface area contributed by atoms with E-state index in [4.69, 9.17) is 18.4 Å². The molecule has 1 aliphatic heterocycles. The molecular formula is C28H32N6O3. The summed E-state index contributed by atoms with van der Waals surface area (Å²) in [5, 5.41) is 24.2. The molecule has 37 heavy (non-hydrogen) atoms. The van der Waals surface area contributed by atoms with Crippen LogP contribution in [0.25, 0.3) is 33.2 Å². The van der Waals surface area contributed by atoms with Gasteiger partial charge in [-0.1, -0.05) is 22.5 Å². The summed E-state index contributed by atoms with van der Waals surface area (Å²) in [6.07, 6.45) is 3.35. The molecule has 9 nitrogen and oxygen atoms in total. The minimum atomic E-state index is -2.43. The lowest BCUT2D eigenvalue weighted by Crippen LogP contribution is -2.27. The topological polar surface area (TPSA) is 104 Å². The summed E-state index contributed by atoms with van der Waals surface area (Å²) in [5.41, 5.74) is 3.91. The van der Waals surface area contributed by atoms with Gasteiger partial charge in [-0.15, -0.1) is 5.10 Å². The van der Waals surface area contributed by atoms with Gasteiger partial charge in [0, 0.05) is 47.6 Å². The Morgan fingerprint density at radius 2 is 1.97 bits per heavy atom. The van der Waals surface area contributed by atoms with E-state index in [0.29, 0.717) is 30.2 Å². The second kappa shape index (κ2) is 8.78. The molecule has 5 heterocycles. The van der Waals surface area contributed by atoms with Gasteiger partial charge in [0.05, 0.1) is 39.6 Å². The fourth-order valence-electron chi connectivity index (χ4n) is 5.54. The third kappa shape index (κ3) is 4.02. The van der Waals surface area contributed by atoms with Gasteiger partial charge >= 0.3 is 0 Å². The van der Waals surface area contributed by atoms with E-state index in [-0.39, 0.29) is 17.7 Å². The minimum Gasteiger partial charge on any atom is -0.386 e. The van der Waals surface area contributed by atoms with Gasteiger partial charge in [0.1, 0.15) is 11.5 Å². The van der Waals surface area contributed by atoms with Crippen LogP contribution in [0.4, 0.5) is 0 Å². The van der Waals surface area contributed by atoms with Crippen LogP contribution < -0.4 is 0 Å². The maximum Gasteiger partial charge on any atom is 0.134 e. The van der Waals surface area contributed by atoms with Gasteiger partial charge in [0.25, 0.3) is 0 Å². The molecule has 1 N–H and O–H groups in total. The highest BCUT2D eigenvalue weighted by atomic mass is 16.5. The summed E-state index contributed by atoms with van der Waals surface area (Å²) >= 11 is 0. The Labute approximate surface area is 219 Å². The van der Waals surface area contributed by atoms with Crippen molar-refractivity contribution in [1.82, 2.24) is 29.7 Å². The van der Waals surface area contributed by atoms with Crippen molar-refractivity contribution in [2.45, 2.75) is 52.1 Å². The molecule has 5 aromatic rings. The van der Waals surface area contributed by atoms with Crippen molar-refractivity contribution in [1.29, 1.82) is 0 Å². The molecule has 9 heteroatoms. The lowest BCUT2D eigenvalue weighted by atomic mass is 9.89. The van der Waals surface area contributed by atoms with E-state index >= 15 is 0 Å². The van der Waals surface area contributed by atoms with Crippen molar-refractivity contribution >= 4 is 21.9 Å². The third-order valence-electron chi connectivity index (χ3n) is 7.39. The number of aryl methyl sites for hydroxylation is 3. The first-order valence-electron chi connectivity index (χ1n) is 14.0. The molecule has 0 aliphatic carbocycles. The molecule has 0 unspecified atom stereocenters. The SMILES string of the molecule is [2H]C([2H])([2H])c1nnn(C)c1-c1cnc2c3ccc(C(C)(C)O)cc3n([C@H](c3cc(C)on3)C3CCOCC3)c2c1. The summed E-state index contributed by atoms with van der Waals surface area (Å²) in [6.45, 7) is 4.27. The first-order valence-corrected chi connectivity index (χ1v) is 12.5. The van der Waals surface area contributed by atoms with Crippen LogP contribution in [0.3, 0.4) is 0 Å². The molecule has 1 fully saturated rings. The van der Waals surface area contributed by atoms with Crippen LogP contribution >= 0.6 is 0 Å². The third-order valence-corrected chi connectivity index (χ3v) is 7.39. The highest BCUT2D eigenvalue weighted by molar-refractivity contribution is 6.07. The number of pyridine rings is 1. The smallest absolute Gasteiger partial charge is 0.134 e. The highest BCUT2D eigenvalue weighted by Gasteiger charge is 2.33. The summed E-state index contributed by atoms with van der Waals surface area (Å²) < 4.78 is 39.0. The fourth-order valence-corrected chi connectivity index (χ4v) is 5.54. The van der Waals surface area contributed by atoms with Crippen molar-refractivity contribution < 1.29 is 18.5 Å². The maximum absolute atomic E-state index is 10.9. The number of ether oxygens (including phenoxy) is 1. The van der Waals surface area contributed by atoms with Gasteiger partial charge in [-0.3, -0.25) is 4.98 Å². The normalized spacial score (nSPS) is 17.7. The monoisotopic (exact) mass is 503 g/mol. The van der Waals surface area contributed by atoms with Gasteiger partial charge in [0.15, 0.2) is 0 Å². The van der Waals surface area contributed by atoms with Crippen LogP contribution in [0, 0.1) is 19.7 Å². The zero-order valence-corrected chi connectivity index (χ0v) is 21.4.